The van der Waals surface area contributed by atoms with Gasteiger partial charge in [0.05, 0.1) is 4.92 Å². The first-order valence-corrected chi connectivity index (χ1v) is 5.61. The molecule has 0 fully saturated rings. The number of alkyl halides is 1. The molecule has 1 aromatic rings. The third-order valence-electron chi connectivity index (χ3n) is 1.72. The smallest absolute Gasteiger partial charge is 0.258 e. The van der Waals surface area contributed by atoms with Crippen molar-refractivity contribution >= 4 is 29.1 Å². The van der Waals surface area contributed by atoms with Crippen molar-refractivity contribution in [2.45, 2.75) is 11.8 Å². The van der Waals surface area contributed by atoms with Crippen LogP contribution < -0.4 is 0 Å². The summed E-state index contributed by atoms with van der Waals surface area (Å²) in [6.45, 7) is 1.73. The number of thioether (sulfide) groups is 1. The molecule has 0 saturated heterocycles. The number of benzene rings is 1. The first-order valence-electron chi connectivity index (χ1n) is 4.09. The van der Waals surface area contributed by atoms with E-state index in [1.165, 1.54) is 11.8 Å². The Kier molecular flexibility index (Phi) is 4.22. The molecule has 0 atom stereocenters. The summed E-state index contributed by atoms with van der Waals surface area (Å²) >= 11 is 7.05. The van der Waals surface area contributed by atoms with Crippen molar-refractivity contribution in [2.75, 3.05) is 11.6 Å². The summed E-state index contributed by atoms with van der Waals surface area (Å²) in [6, 6.07) is 5.22. The second kappa shape index (κ2) is 5.22. The van der Waals surface area contributed by atoms with Crippen LogP contribution >= 0.6 is 23.4 Å². The summed E-state index contributed by atoms with van der Waals surface area (Å²) in [5.74, 6) is 1.31. The molecule has 0 unspecified atom stereocenters. The SMILES string of the molecule is Cc1ccc(SCCCl)cc1[N+](=O)[O-]. The highest BCUT2D eigenvalue weighted by Gasteiger charge is 2.10. The number of nitro groups is 1. The second-order valence-electron chi connectivity index (χ2n) is 2.74. The summed E-state index contributed by atoms with van der Waals surface area (Å²) in [6.07, 6.45) is 0. The Morgan fingerprint density at radius 2 is 2.29 bits per heavy atom. The van der Waals surface area contributed by atoms with Gasteiger partial charge in [0, 0.05) is 28.2 Å². The van der Waals surface area contributed by atoms with Gasteiger partial charge in [-0.2, -0.15) is 0 Å². The molecule has 5 heteroatoms. The number of nitrogens with zero attached hydrogens (tertiary/aromatic N) is 1. The van der Waals surface area contributed by atoms with E-state index in [0.29, 0.717) is 11.4 Å². The number of nitro benzene ring substituents is 1. The normalized spacial score (nSPS) is 10.1. The van der Waals surface area contributed by atoms with E-state index in [1.54, 1.807) is 19.1 Å². The molecule has 0 spiro atoms. The summed E-state index contributed by atoms with van der Waals surface area (Å²) in [5, 5.41) is 10.6. The van der Waals surface area contributed by atoms with Crippen LogP contribution in [0.5, 0.6) is 0 Å². The van der Waals surface area contributed by atoms with Crippen molar-refractivity contribution in [3.63, 3.8) is 0 Å². The summed E-state index contributed by atoms with van der Waals surface area (Å²) in [7, 11) is 0. The molecule has 0 aliphatic heterocycles. The summed E-state index contributed by atoms with van der Waals surface area (Å²) in [4.78, 5) is 11.1. The van der Waals surface area contributed by atoms with Gasteiger partial charge in [0.25, 0.3) is 5.69 Å². The van der Waals surface area contributed by atoms with Gasteiger partial charge in [-0.15, -0.1) is 23.4 Å². The fourth-order valence-electron chi connectivity index (χ4n) is 1.03. The van der Waals surface area contributed by atoms with E-state index in [0.717, 1.165) is 10.6 Å². The minimum atomic E-state index is -0.361. The first-order chi connectivity index (χ1) is 6.65. The number of rotatable bonds is 4. The van der Waals surface area contributed by atoms with Crippen LogP contribution in [-0.2, 0) is 0 Å². The Hall–Kier alpha value is -0.740. The van der Waals surface area contributed by atoms with E-state index in [4.69, 9.17) is 11.6 Å². The fourth-order valence-corrected chi connectivity index (χ4v) is 1.94. The van der Waals surface area contributed by atoms with Crippen LogP contribution in [0.15, 0.2) is 23.1 Å². The van der Waals surface area contributed by atoms with Crippen molar-refractivity contribution in [3.05, 3.63) is 33.9 Å². The van der Waals surface area contributed by atoms with Crippen LogP contribution in [0.2, 0.25) is 0 Å². The van der Waals surface area contributed by atoms with Gasteiger partial charge in [-0.05, 0) is 13.0 Å². The van der Waals surface area contributed by atoms with E-state index in [9.17, 15) is 10.1 Å². The Morgan fingerprint density at radius 3 is 2.86 bits per heavy atom. The first kappa shape index (κ1) is 11.3. The van der Waals surface area contributed by atoms with Gasteiger partial charge < -0.3 is 0 Å². The van der Waals surface area contributed by atoms with Crippen molar-refractivity contribution in [3.8, 4) is 0 Å². The quantitative estimate of drug-likeness (QED) is 0.346. The predicted molar refractivity (Wildman–Crippen MR) is 59.3 cm³/mol. The molecule has 0 aromatic heterocycles. The average molecular weight is 232 g/mol. The predicted octanol–water partition coefficient (Wildman–Crippen LogP) is 3.23. The highest BCUT2D eigenvalue weighted by atomic mass is 35.5. The summed E-state index contributed by atoms with van der Waals surface area (Å²) < 4.78 is 0. The highest BCUT2D eigenvalue weighted by molar-refractivity contribution is 7.99. The molecule has 0 aliphatic carbocycles. The fraction of sp³-hybridized carbons (Fsp3) is 0.333. The van der Waals surface area contributed by atoms with Gasteiger partial charge in [0.1, 0.15) is 0 Å². The Morgan fingerprint density at radius 1 is 1.57 bits per heavy atom. The lowest BCUT2D eigenvalue weighted by molar-refractivity contribution is -0.385. The zero-order chi connectivity index (χ0) is 10.6. The molecular formula is C9H10ClNO2S. The molecule has 0 aliphatic rings. The number of hydrogen-bond acceptors (Lipinski definition) is 3. The average Bonchev–Trinajstić information content (AvgIpc) is 2.16. The lowest BCUT2D eigenvalue weighted by Crippen LogP contribution is -1.91. The van der Waals surface area contributed by atoms with Gasteiger partial charge in [0.15, 0.2) is 0 Å². The molecule has 3 nitrogen and oxygen atoms in total. The maximum absolute atomic E-state index is 10.6. The Labute approximate surface area is 91.6 Å². The van der Waals surface area contributed by atoms with Crippen LogP contribution in [0.4, 0.5) is 5.69 Å². The second-order valence-corrected chi connectivity index (χ2v) is 4.29. The largest absolute Gasteiger partial charge is 0.273 e. The van der Waals surface area contributed by atoms with Gasteiger partial charge in [-0.3, -0.25) is 10.1 Å². The van der Waals surface area contributed by atoms with E-state index in [-0.39, 0.29) is 10.6 Å². The minimum Gasteiger partial charge on any atom is -0.258 e. The molecule has 1 rings (SSSR count). The molecule has 0 amide bonds. The third-order valence-corrected chi connectivity index (χ3v) is 3.13. The van der Waals surface area contributed by atoms with E-state index in [2.05, 4.69) is 0 Å². The molecule has 0 saturated carbocycles. The number of halogens is 1. The third kappa shape index (κ3) is 2.89. The monoisotopic (exact) mass is 231 g/mol. The van der Waals surface area contributed by atoms with Gasteiger partial charge in [-0.25, -0.2) is 0 Å². The molecule has 0 radical (unpaired) electrons. The lowest BCUT2D eigenvalue weighted by atomic mass is 10.2. The van der Waals surface area contributed by atoms with Gasteiger partial charge in [-0.1, -0.05) is 6.07 Å². The standard InChI is InChI=1S/C9H10ClNO2S/c1-7-2-3-8(14-5-4-10)6-9(7)11(12)13/h2-3,6H,4-5H2,1H3. The number of aryl methyl sites for hydroxylation is 1. The van der Waals surface area contributed by atoms with Crippen molar-refractivity contribution in [1.82, 2.24) is 0 Å². The number of hydrogen-bond donors (Lipinski definition) is 0. The maximum Gasteiger partial charge on any atom is 0.273 e. The summed E-state index contributed by atoms with van der Waals surface area (Å²) in [5.41, 5.74) is 0.856. The molecule has 0 bridgehead atoms. The topological polar surface area (TPSA) is 43.1 Å². The molecule has 1 aromatic carbocycles. The molecular weight excluding hydrogens is 222 g/mol. The molecule has 76 valence electrons. The zero-order valence-electron chi connectivity index (χ0n) is 7.70. The molecule has 14 heavy (non-hydrogen) atoms. The molecule has 0 N–H and O–H groups in total. The van der Waals surface area contributed by atoms with Gasteiger partial charge >= 0.3 is 0 Å². The van der Waals surface area contributed by atoms with Gasteiger partial charge in [0.2, 0.25) is 0 Å². The van der Waals surface area contributed by atoms with Crippen LogP contribution in [0, 0.1) is 17.0 Å². The van der Waals surface area contributed by atoms with E-state index < -0.39 is 0 Å². The van der Waals surface area contributed by atoms with Crippen LogP contribution in [-0.4, -0.2) is 16.6 Å². The van der Waals surface area contributed by atoms with Crippen LogP contribution in [0.3, 0.4) is 0 Å². The minimum absolute atomic E-state index is 0.171. The van der Waals surface area contributed by atoms with Crippen molar-refractivity contribution in [2.24, 2.45) is 0 Å². The maximum atomic E-state index is 10.6. The molecule has 0 heterocycles. The zero-order valence-corrected chi connectivity index (χ0v) is 9.27. The van der Waals surface area contributed by atoms with Crippen LogP contribution in [0.25, 0.3) is 0 Å². The van der Waals surface area contributed by atoms with E-state index in [1.807, 2.05) is 6.07 Å². The van der Waals surface area contributed by atoms with Crippen LogP contribution in [0.1, 0.15) is 5.56 Å². The van der Waals surface area contributed by atoms with Crippen molar-refractivity contribution in [1.29, 1.82) is 0 Å². The van der Waals surface area contributed by atoms with Crippen molar-refractivity contribution < 1.29 is 4.92 Å². The Balaban J connectivity index is 2.89. The lowest BCUT2D eigenvalue weighted by Gasteiger charge is -2.01. The van der Waals surface area contributed by atoms with E-state index >= 15 is 0 Å². The highest BCUT2D eigenvalue weighted by Crippen LogP contribution is 2.25. The Bertz CT molecular complexity index is 344.